The van der Waals surface area contributed by atoms with Gasteiger partial charge < -0.3 is 25.0 Å². The normalized spacial score (nSPS) is 17.3. The summed E-state index contributed by atoms with van der Waals surface area (Å²) in [5.74, 6) is -0.536. The Morgan fingerprint density at radius 3 is 2.35 bits per heavy atom. The number of carbonyl (C=O) groups is 2. The molecular weight excluding hydrogens is 354 g/mol. The lowest BCUT2D eigenvalue weighted by Gasteiger charge is -2.30. The van der Waals surface area contributed by atoms with Crippen LogP contribution in [-0.4, -0.2) is 62.9 Å². The van der Waals surface area contributed by atoms with Crippen LogP contribution in [0.5, 0.6) is 0 Å². The van der Waals surface area contributed by atoms with Crippen LogP contribution in [0.4, 0.5) is 5.69 Å². The zero-order valence-corrected chi connectivity index (χ0v) is 16.1. The number of rotatable bonds is 5. The summed E-state index contributed by atoms with van der Waals surface area (Å²) in [6.45, 7) is 2.95. The van der Waals surface area contributed by atoms with E-state index >= 15 is 0 Å². The average molecular weight is 379 g/mol. The van der Waals surface area contributed by atoms with Crippen LogP contribution in [0.25, 0.3) is 0 Å². The predicted octanol–water partition coefficient (Wildman–Crippen LogP) is 1.89. The lowest BCUT2D eigenvalue weighted by atomic mass is 9.99. The van der Waals surface area contributed by atoms with Crippen molar-refractivity contribution in [3.05, 3.63) is 29.3 Å². The van der Waals surface area contributed by atoms with E-state index in [0.717, 1.165) is 19.6 Å². The van der Waals surface area contributed by atoms with Gasteiger partial charge in [0.15, 0.2) is 5.11 Å². The summed E-state index contributed by atoms with van der Waals surface area (Å²) in [6.07, 6.45) is 2.36. The molecule has 1 aromatic rings. The third-order valence-electron chi connectivity index (χ3n) is 4.31. The number of nitrogens with one attached hydrogen (secondary N) is 2. The van der Waals surface area contributed by atoms with Crippen molar-refractivity contribution in [2.45, 2.75) is 12.8 Å². The first-order valence-corrected chi connectivity index (χ1v) is 8.89. The van der Waals surface area contributed by atoms with Crippen LogP contribution >= 0.6 is 12.2 Å². The zero-order chi connectivity index (χ0) is 19.1. The van der Waals surface area contributed by atoms with E-state index in [0.29, 0.717) is 16.7 Å². The second kappa shape index (κ2) is 9.49. The van der Waals surface area contributed by atoms with Crippen LogP contribution in [0, 0.1) is 5.92 Å². The lowest BCUT2D eigenvalue weighted by molar-refractivity contribution is 0.0599. The van der Waals surface area contributed by atoms with Crippen LogP contribution in [0.15, 0.2) is 18.2 Å². The van der Waals surface area contributed by atoms with E-state index in [1.807, 2.05) is 0 Å². The first kappa shape index (κ1) is 20.1. The minimum atomic E-state index is -0.539. The topological polar surface area (TPSA) is 79.9 Å². The van der Waals surface area contributed by atoms with Gasteiger partial charge in [-0.25, -0.2) is 9.59 Å². The Kier molecular flexibility index (Phi) is 7.35. The molecule has 1 atom stereocenters. The smallest absolute Gasteiger partial charge is 0.337 e. The number of anilines is 1. The molecule has 0 aromatic heterocycles. The molecule has 1 fully saturated rings. The van der Waals surface area contributed by atoms with Gasteiger partial charge in [0.1, 0.15) is 0 Å². The Morgan fingerprint density at radius 1 is 1.19 bits per heavy atom. The molecular formula is C18H25N3O4S. The number of ether oxygens (including phenoxy) is 2. The zero-order valence-electron chi connectivity index (χ0n) is 15.3. The number of methoxy groups -OCH3 is 2. The van der Waals surface area contributed by atoms with E-state index in [4.69, 9.17) is 21.7 Å². The lowest BCUT2D eigenvalue weighted by Crippen LogP contribution is -2.40. The Morgan fingerprint density at radius 2 is 1.81 bits per heavy atom. The van der Waals surface area contributed by atoms with Gasteiger partial charge >= 0.3 is 11.9 Å². The third-order valence-corrected chi connectivity index (χ3v) is 4.55. The van der Waals surface area contributed by atoms with Crippen molar-refractivity contribution >= 4 is 35.0 Å². The van der Waals surface area contributed by atoms with Gasteiger partial charge in [-0.1, -0.05) is 0 Å². The number of carbonyl (C=O) groups excluding carboxylic acids is 2. The van der Waals surface area contributed by atoms with Crippen molar-refractivity contribution in [1.29, 1.82) is 0 Å². The fourth-order valence-corrected chi connectivity index (χ4v) is 3.22. The molecule has 0 amide bonds. The molecule has 1 aliphatic rings. The number of thiocarbonyl (C=S) groups is 1. The summed E-state index contributed by atoms with van der Waals surface area (Å²) >= 11 is 5.34. The molecule has 2 N–H and O–H groups in total. The van der Waals surface area contributed by atoms with Crippen molar-refractivity contribution < 1.29 is 19.1 Å². The summed E-state index contributed by atoms with van der Waals surface area (Å²) in [6, 6.07) is 4.60. The molecule has 0 bridgehead atoms. The standard InChI is InChI=1S/C18H25N3O4S/c1-21-6-4-5-12(11-21)10-19-18(26)20-15-8-13(16(22)24-2)7-14(9-15)17(23)25-3/h7-9,12H,4-6,10-11H2,1-3H3,(H2,19,20,26). The first-order chi connectivity index (χ1) is 12.4. The number of piperidine rings is 1. The quantitative estimate of drug-likeness (QED) is 0.593. The molecule has 0 aliphatic carbocycles. The highest BCUT2D eigenvalue weighted by Crippen LogP contribution is 2.18. The van der Waals surface area contributed by atoms with Gasteiger partial charge in [0, 0.05) is 18.8 Å². The third kappa shape index (κ3) is 5.67. The van der Waals surface area contributed by atoms with Gasteiger partial charge in [0.2, 0.25) is 0 Å². The molecule has 142 valence electrons. The van der Waals surface area contributed by atoms with Gasteiger partial charge in [0.25, 0.3) is 0 Å². The molecule has 7 nitrogen and oxygen atoms in total. The van der Waals surface area contributed by atoms with E-state index in [-0.39, 0.29) is 11.1 Å². The Labute approximate surface area is 159 Å². The number of esters is 2. The molecule has 0 saturated carbocycles. The van der Waals surface area contributed by atoms with Crippen molar-refractivity contribution in [1.82, 2.24) is 10.2 Å². The van der Waals surface area contributed by atoms with E-state index in [9.17, 15) is 9.59 Å². The molecule has 1 saturated heterocycles. The number of likely N-dealkylation sites (tertiary alicyclic amines) is 1. The highest BCUT2D eigenvalue weighted by molar-refractivity contribution is 7.80. The van der Waals surface area contributed by atoms with Crippen molar-refractivity contribution in [3.63, 3.8) is 0 Å². The van der Waals surface area contributed by atoms with Gasteiger partial charge in [-0.2, -0.15) is 0 Å². The molecule has 1 unspecified atom stereocenters. The fourth-order valence-electron chi connectivity index (χ4n) is 3.02. The van der Waals surface area contributed by atoms with Gasteiger partial charge in [-0.15, -0.1) is 0 Å². The van der Waals surface area contributed by atoms with Gasteiger partial charge in [0.05, 0.1) is 25.3 Å². The van der Waals surface area contributed by atoms with E-state index in [1.54, 1.807) is 12.1 Å². The predicted molar refractivity (Wildman–Crippen MR) is 104 cm³/mol. The number of nitrogens with zero attached hydrogens (tertiary/aromatic N) is 1. The minimum Gasteiger partial charge on any atom is -0.465 e. The van der Waals surface area contributed by atoms with Crippen molar-refractivity contribution in [2.24, 2.45) is 5.92 Å². The summed E-state index contributed by atoms with van der Waals surface area (Å²) < 4.78 is 9.46. The largest absolute Gasteiger partial charge is 0.465 e. The van der Waals surface area contributed by atoms with Gasteiger partial charge in [-0.05, 0) is 62.8 Å². The number of benzene rings is 1. The van der Waals surface area contributed by atoms with Gasteiger partial charge in [-0.3, -0.25) is 0 Å². The van der Waals surface area contributed by atoms with Crippen LogP contribution in [0.3, 0.4) is 0 Å². The fraction of sp³-hybridized carbons (Fsp3) is 0.500. The maximum Gasteiger partial charge on any atom is 0.337 e. The molecule has 0 radical (unpaired) electrons. The van der Waals surface area contributed by atoms with Crippen molar-refractivity contribution in [3.8, 4) is 0 Å². The second-order valence-electron chi connectivity index (χ2n) is 6.39. The number of hydrogen-bond acceptors (Lipinski definition) is 6. The second-order valence-corrected chi connectivity index (χ2v) is 6.80. The SMILES string of the molecule is COC(=O)c1cc(NC(=S)NCC2CCCN(C)C2)cc(C(=O)OC)c1. The summed E-state index contributed by atoms with van der Waals surface area (Å²) in [7, 11) is 4.69. The van der Waals surface area contributed by atoms with Crippen molar-refractivity contribution in [2.75, 3.05) is 46.2 Å². The summed E-state index contributed by atoms with van der Waals surface area (Å²) in [5, 5.41) is 6.67. The Balaban J connectivity index is 2.03. The maximum atomic E-state index is 11.8. The van der Waals surface area contributed by atoms with Crippen LogP contribution in [0.1, 0.15) is 33.6 Å². The van der Waals surface area contributed by atoms with E-state index < -0.39 is 11.9 Å². The molecule has 1 heterocycles. The first-order valence-electron chi connectivity index (χ1n) is 8.48. The highest BCUT2D eigenvalue weighted by atomic mass is 32.1. The minimum absolute atomic E-state index is 0.245. The molecule has 1 aliphatic heterocycles. The Bertz CT molecular complexity index is 646. The highest BCUT2D eigenvalue weighted by Gasteiger charge is 2.18. The molecule has 0 spiro atoms. The van der Waals surface area contributed by atoms with Crippen LogP contribution < -0.4 is 10.6 Å². The van der Waals surface area contributed by atoms with Crippen LogP contribution in [-0.2, 0) is 9.47 Å². The maximum absolute atomic E-state index is 11.8. The molecule has 8 heteroatoms. The molecule has 2 rings (SSSR count). The summed E-state index contributed by atoms with van der Waals surface area (Å²) in [4.78, 5) is 26.0. The summed E-state index contributed by atoms with van der Waals surface area (Å²) in [5.41, 5.74) is 1.01. The van der Waals surface area contributed by atoms with E-state index in [1.165, 1.54) is 33.1 Å². The van der Waals surface area contributed by atoms with E-state index in [2.05, 4.69) is 22.6 Å². The Hall–Kier alpha value is -2.19. The molecule has 26 heavy (non-hydrogen) atoms. The average Bonchev–Trinajstić information content (AvgIpc) is 2.64. The molecule has 1 aromatic carbocycles. The van der Waals surface area contributed by atoms with Crippen LogP contribution in [0.2, 0.25) is 0 Å². The number of hydrogen-bond donors (Lipinski definition) is 2. The monoisotopic (exact) mass is 379 g/mol.